The molecule has 0 saturated carbocycles. The van der Waals surface area contributed by atoms with Crippen molar-refractivity contribution in [1.29, 1.82) is 0 Å². The van der Waals surface area contributed by atoms with Gasteiger partial charge in [0.2, 0.25) is 11.8 Å². The van der Waals surface area contributed by atoms with Crippen molar-refractivity contribution in [2.24, 2.45) is 0 Å². The average molecular weight is 254 g/mol. The van der Waals surface area contributed by atoms with E-state index in [4.69, 9.17) is 0 Å². The number of rotatable bonds is 4. The molecular formula is C12H22N4O2. The second kappa shape index (κ2) is 6.15. The summed E-state index contributed by atoms with van der Waals surface area (Å²) in [5.74, 6) is 0.257. The van der Waals surface area contributed by atoms with Crippen molar-refractivity contribution in [3.05, 3.63) is 0 Å². The number of carbonyl (C=O) groups excluding carboxylic acids is 2. The van der Waals surface area contributed by atoms with Gasteiger partial charge in [-0.2, -0.15) is 0 Å². The van der Waals surface area contributed by atoms with Gasteiger partial charge in [0.15, 0.2) is 0 Å². The molecule has 0 bridgehead atoms. The second-order valence-corrected chi connectivity index (χ2v) is 5.04. The Morgan fingerprint density at radius 2 is 1.50 bits per heavy atom. The van der Waals surface area contributed by atoms with Crippen molar-refractivity contribution in [2.75, 3.05) is 59.4 Å². The first-order valence-electron chi connectivity index (χ1n) is 6.61. The zero-order chi connectivity index (χ0) is 13.0. The van der Waals surface area contributed by atoms with Crippen LogP contribution in [0.2, 0.25) is 0 Å². The third kappa shape index (κ3) is 3.43. The van der Waals surface area contributed by atoms with Crippen LogP contribution in [0.1, 0.15) is 6.42 Å². The summed E-state index contributed by atoms with van der Waals surface area (Å²) >= 11 is 0. The van der Waals surface area contributed by atoms with Gasteiger partial charge in [-0.05, 0) is 13.5 Å². The van der Waals surface area contributed by atoms with E-state index in [-0.39, 0.29) is 11.8 Å². The molecule has 0 aromatic heterocycles. The lowest BCUT2D eigenvalue weighted by Crippen LogP contribution is -2.51. The van der Waals surface area contributed by atoms with E-state index in [2.05, 4.69) is 5.32 Å². The lowest BCUT2D eigenvalue weighted by Gasteiger charge is -2.33. The molecule has 102 valence electrons. The van der Waals surface area contributed by atoms with Crippen LogP contribution in [-0.4, -0.2) is 85.9 Å². The predicted molar refractivity (Wildman–Crippen MR) is 68.1 cm³/mol. The van der Waals surface area contributed by atoms with E-state index in [0.29, 0.717) is 13.1 Å². The third-order valence-electron chi connectivity index (χ3n) is 3.49. The molecule has 2 aliphatic heterocycles. The Morgan fingerprint density at radius 1 is 1.00 bits per heavy atom. The van der Waals surface area contributed by atoms with Crippen LogP contribution in [0.15, 0.2) is 0 Å². The zero-order valence-electron chi connectivity index (χ0n) is 11.0. The first-order valence-corrected chi connectivity index (χ1v) is 6.61. The SMILES string of the molecule is CN(CC(=O)N1CCC1)CC(=O)N1CCNCC1. The van der Waals surface area contributed by atoms with E-state index >= 15 is 0 Å². The summed E-state index contributed by atoms with van der Waals surface area (Å²) in [5.41, 5.74) is 0. The molecule has 0 atom stereocenters. The van der Waals surface area contributed by atoms with Crippen LogP contribution >= 0.6 is 0 Å². The molecule has 0 spiro atoms. The van der Waals surface area contributed by atoms with E-state index < -0.39 is 0 Å². The maximum absolute atomic E-state index is 12.0. The normalized spacial score (nSPS) is 19.9. The fourth-order valence-corrected chi connectivity index (χ4v) is 2.20. The zero-order valence-corrected chi connectivity index (χ0v) is 11.0. The first kappa shape index (κ1) is 13.3. The van der Waals surface area contributed by atoms with Crippen LogP contribution in [0.25, 0.3) is 0 Å². The monoisotopic (exact) mass is 254 g/mol. The van der Waals surface area contributed by atoms with Gasteiger partial charge < -0.3 is 15.1 Å². The molecule has 2 fully saturated rings. The Morgan fingerprint density at radius 3 is 1.94 bits per heavy atom. The lowest BCUT2D eigenvalue weighted by atomic mass is 10.2. The number of likely N-dealkylation sites (tertiary alicyclic amines) is 1. The molecule has 1 N–H and O–H groups in total. The Labute approximate surface area is 108 Å². The number of hydrogen-bond donors (Lipinski definition) is 1. The molecule has 18 heavy (non-hydrogen) atoms. The van der Waals surface area contributed by atoms with E-state index in [0.717, 1.165) is 45.7 Å². The maximum Gasteiger partial charge on any atom is 0.236 e. The summed E-state index contributed by atoms with van der Waals surface area (Å²) < 4.78 is 0. The number of carbonyl (C=O) groups is 2. The molecule has 2 aliphatic rings. The van der Waals surface area contributed by atoms with Gasteiger partial charge in [0.05, 0.1) is 13.1 Å². The van der Waals surface area contributed by atoms with Gasteiger partial charge >= 0.3 is 0 Å². The second-order valence-electron chi connectivity index (χ2n) is 5.04. The molecule has 2 rings (SSSR count). The molecule has 2 amide bonds. The summed E-state index contributed by atoms with van der Waals surface area (Å²) in [6, 6.07) is 0. The van der Waals surface area contributed by atoms with E-state index in [1.807, 2.05) is 21.7 Å². The third-order valence-corrected chi connectivity index (χ3v) is 3.49. The van der Waals surface area contributed by atoms with Crippen molar-refractivity contribution in [1.82, 2.24) is 20.0 Å². The van der Waals surface area contributed by atoms with Crippen molar-refractivity contribution in [2.45, 2.75) is 6.42 Å². The van der Waals surface area contributed by atoms with Gasteiger partial charge in [-0.1, -0.05) is 0 Å². The molecule has 6 nitrogen and oxygen atoms in total. The van der Waals surface area contributed by atoms with Crippen LogP contribution in [0, 0.1) is 0 Å². The number of hydrogen-bond acceptors (Lipinski definition) is 4. The molecule has 0 aromatic carbocycles. The standard InChI is InChI=1S/C12H22N4O2/c1-14(9-11(17)15-5-2-6-15)10-12(18)16-7-3-13-4-8-16/h13H,2-10H2,1H3. The molecule has 2 saturated heterocycles. The minimum Gasteiger partial charge on any atom is -0.341 e. The highest BCUT2D eigenvalue weighted by molar-refractivity contribution is 5.81. The molecular weight excluding hydrogens is 232 g/mol. The van der Waals surface area contributed by atoms with Crippen molar-refractivity contribution in [3.8, 4) is 0 Å². The fourth-order valence-electron chi connectivity index (χ4n) is 2.20. The number of nitrogens with one attached hydrogen (secondary N) is 1. The van der Waals surface area contributed by atoms with Crippen LogP contribution in [-0.2, 0) is 9.59 Å². The first-order chi connectivity index (χ1) is 8.66. The quantitative estimate of drug-likeness (QED) is 0.669. The molecule has 0 aromatic rings. The van der Waals surface area contributed by atoms with Gasteiger partial charge in [0.25, 0.3) is 0 Å². The number of amides is 2. The Bertz CT molecular complexity index is 311. The predicted octanol–water partition coefficient (Wildman–Crippen LogP) is -1.42. The summed E-state index contributed by atoms with van der Waals surface area (Å²) in [4.78, 5) is 29.2. The lowest BCUT2D eigenvalue weighted by molar-refractivity contribution is -0.137. The minimum absolute atomic E-state index is 0.121. The van der Waals surface area contributed by atoms with Crippen molar-refractivity contribution < 1.29 is 9.59 Å². The van der Waals surface area contributed by atoms with Gasteiger partial charge in [0.1, 0.15) is 0 Å². The number of likely N-dealkylation sites (N-methyl/N-ethyl adjacent to an activating group) is 1. The van der Waals surface area contributed by atoms with Crippen LogP contribution in [0.5, 0.6) is 0 Å². The maximum atomic E-state index is 12.0. The van der Waals surface area contributed by atoms with Gasteiger partial charge in [-0.3, -0.25) is 14.5 Å². The summed E-state index contributed by atoms with van der Waals surface area (Å²) in [6.07, 6.45) is 1.11. The Kier molecular flexibility index (Phi) is 4.54. The fraction of sp³-hybridized carbons (Fsp3) is 0.833. The molecule has 6 heteroatoms. The molecule has 0 aliphatic carbocycles. The number of piperazine rings is 1. The van der Waals surface area contributed by atoms with E-state index in [9.17, 15) is 9.59 Å². The number of nitrogens with zero attached hydrogens (tertiary/aromatic N) is 3. The smallest absolute Gasteiger partial charge is 0.236 e. The topological polar surface area (TPSA) is 55.9 Å². The highest BCUT2D eigenvalue weighted by Gasteiger charge is 2.23. The molecule has 0 radical (unpaired) electrons. The van der Waals surface area contributed by atoms with Crippen molar-refractivity contribution in [3.63, 3.8) is 0 Å². The minimum atomic E-state index is 0.121. The van der Waals surface area contributed by atoms with Gasteiger partial charge in [-0.25, -0.2) is 0 Å². The van der Waals surface area contributed by atoms with Crippen LogP contribution in [0.4, 0.5) is 0 Å². The highest BCUT2D eigenvalue weighted by Crippen LogP contribution is 2.06. The summed E-state index contributed by atoms with van der Waals surface area (Å²) in [6.45, 7) is 5.69. The van der Waals surface area contributed by atoms with E-state index in [1.165, 1.54) is 0 Å². The van der Waals surface area contributed by atoms with Crippen LogP contribution in [0.3, 0.4) is 0 Å². The Balaban J connectivity index is 1.70. The highest BCUT2D eigenvalue weighted by atomic mass is 16.2. The largest absolute Gasteiger partial charge is 0.341 e. The van der Waals surface area contributed by atoms with Gasteiger partial charge in [0, 0.05) is 39.3 Å². The van der Waals surface area contributed by atoms with Crippen LogP contribution < -0.4 is 5.32 Å². The van der Waals surface area contributed by atoms with E-state index in [1.54, 1.807) is 0 Å². The average Bonchev–Trinajstić information content (AvgIpc) is 2.27. The van der Waals surface area contributed by atoms with Gasteiger partial charge in [-0.15, -0.1) is 0 Å². The van der Waals surface area contributed by atoms with Crippen molar-refractivity contribution >= 4 is 11.8 Å². The summed E-state index contributed by atoms with van der Waals surface area (Å²) in [7, 11) is 1.83. The Hall–Kier alpha value is -1.14. The molecule has 2 heterocycles. The molecule has 0 unspecified atom stereocenters. The summed E-state index contributed by atoms with van der Waals surface area (Å²) in [5, 5.41) is 3.22.